The molecule has 74 valence electrons. The molecule has 3 heterocycles. The first kappa shape index (κ1) is 8.82. The first-order valence-electron chi connectivity index (χ1n) is 4.35. The molecule has 0 saturated carbocycles. The van der Waals surface area contributed by atoms with E-state index in [4.69, 9.17) is 0 Å². The molecule has 0 aliphatic carbocycles. The van der Waals surface area contributed by atoms with Gasteiger partial charge < -0.3 is 4.57 Å². The summed E-state index contributed by atoms with van der Waals surface area (Å²) in [5.74, 6) is 0. The zero-order valence-electron chi connectivity index (χ0n) is 7.58. The summed E-state index contributed by atoms with van der Waals surface area (Å²) in [5, 5.41) is 0. The Morgan fingerprint density at radius 3 is 2.27 bits per heavy atom. The zero-order chi connectivity index (χ0) is 10.3. The monoisotopic (exact) mass is 234 g/mol. The summed E-state index contributed by atoms with van der Waals surface area (Å²) in [5.41, 5.74) is 1.06. The van der Waals surface area contributed by atoms with E-state index in [9.17, 15) is 4.79 Å². The predicted octanol–water partition coefficient (Wildman–Crippen LogP) is 2.51. The van der Waals surface area contributed by atoms with Crippen molar-refractivity contribution in [2.24, 2.45) is 0 Å². The Morgan fingerprint density at radius 1 is 1.07 bits per heavy atom. The summed E-state index contributed by atoms with van der Waals surface area (Å²) in [6.07, 6.45) is 7.47. The molecule has 0 fully saturated rings. The van der Waals surface area contributed by atoms with Gasteiger partial charge in [0.1, 0.15) is 0 Å². The van der Waals surface area contributed by atoms with Crippen LogP contribution in [0.1, 0.15) is 0 Å². The van der Waals surface area contributed by atoms with E-state index in [1.807, 2.05) is 29.1 Å². The molecule has 0 bridgehead atoms. The van der Waals surface area contributed by atoms with Crippen LogP contribution in [-0.2, 0) is 0 Å². The summed E-state index contributed by atoms with van der Waals surface area (Å²) in [6, 6.07) is 3.87. The molecule has 0 N–H and O–H groups in total. The molecular weight excluding hydrogens is 228 g/mol. The maximum atomic E-state index is 11.1. The third kappa shape index (κ3) is 1.49. The maximum Gasteiger partial charge on any atom is 0.288 e. The molecule has 3 nitrogen and oxygen atoms in total. The van der Waals surface area contributed by atoms with Gasteiger partial charge in [-0.25, -0.2) is 0 Å². The largest absolute Gasteiger partial charge is 0.321 e. The van der Waals surface area contributed by atoms with Crippen molar-refractivity contribution >= 4 is 32.1 Å². The van der Waals surface area contributed by atoms with Gasteiger partial charge in [0.2, 0.25) is 0 Å². The van der Waals surface area contributed by atoms with Crippen LogP contribution >= 0.6 is 22.7 Å². The summed E-state index contributed by atoms with van der Waals surface area (Å²) in [6.45, 7) is 0. The third-order valence-corrected chi connectivity index (χ3v) is 4.16. The Bertz CT molecular complexity index is 616. The van der Waals surface area contributed by atoms with Gasteiger partial charge in [-0.05, 0) is 12.1 Å². The van der Waals surface area contributed by atoms with Gasteiger partial charge in [-0.15, -0.1) is 0 Å². The van der Waals surface area contributed by atoms with Crippen molar-refractivity contribution in [2.75, 3.05) is 0 Å². The van der Waals surface area contributed by atoms with Gasteiger partial charge in [-0.1, -0.05) is 22.7 Å². The van der Waals surface area contributed by atoms with Crippen molar-refractivity contribution in [3.8, 4) is 5.69 Å². The van der Waals surface area contributed by atoms with Crippen LogP contribution in [-0.4, -0.2) is 9.55 Å². The fourth-order valence-corrected chi connectivity index (χ4v) is 3.39. The second-order valence-corrected chi connectivity index (χ2v) is 5.34. The van der Waals surface area contributed by atoms with Gasteiger partial charge in [-0.3, -0.25) is 9.78 Å². The Labute approximate surface area is 93.3 Å². The number of pyridine rings is 1. The van der Waals surface area contributed by atoms with Gasteiger partial charge in [0, 0.05) is 30.5 Å². The number of rotatable bonds is 1. The Hall–Kier alpha value is -1.46. The quantitative estimate of drug-likeness (QED) is 0.648. The average Bonchev–Trinajstić information content (AvgIpc) is 2.76. The molecular formula is C10H6N2OS2. The number of fused-ring (bicyclic) bond motifs is 1. The molecule has 0 spiro atoms. The van der Waals surface area contributed by atoms with Crippen molar-refractivity contribution in [1.82, 2.24) is 9.55 Å². The Morgan fingerprint density at radius 2 is 1.67 bits per heavy atom. The number of nitrogens with zero attached hydrogens (tertiary/aromatic N) is 2. The SMILES string of the molecule is O=c1sc2cn(-c3ccncc3)cc2s1. The van der Waals surface area contributed by atoms with E-state index in [-0.39, 0.29) is 4.06 Å². The lowest BCUT2D eigenvalue weighted by Gasteiger charge is -1.99. The highest BCUT2D eigenvalue weighted by atomic mass is 32.2. The minimum Gasteiger partial charge on any atom is -0.321 e. The van der Waals surface area contributed by atoms with Crippen molar-refractivity contribution in [2.45, 2.75) is 0 Å². The van der Waals surface area contributed by atoms with Crippen LogP contribution in [0.2, 0.25) is 0 Å². The molecule has 15 heavy (non-hydrogen) atoms. The minimum absolute atomic E-state index is 0.155. The smallest absolute Gasteiger partial charge is 0.288 e. The van der Waals surface area contributed by atoms with E-state index in [0.717, 1.165) is 15.1 Å². The zero-order valence-corrected chi connectivity index (χ0v) is 9.22. The van der Waals surface area contributed by atoms with Crippen LogP contribution in [0.15, 0.2) is 41.7 Å². The van der Waals surface area contributed by atoms with Crippen LogP contribution in [0.25, 0.3) is 15.1 Å². The summed E-state index contributed by atoms with van der Waals surface area (Å²) < 4.78 is 4.25. The van der Waals surface area contributed by atoms with E-state index in [1.54, 1.807) is 12.4 Å². The molecule has 0 amide bonds. The molecule has 3 aromatic rings. The minimum atomic E-state index is 0.155. The summed E-state index contributed by atoms with van der Waals surface area (Å²) in [7, 11) is 0. The van der Waals surface area contributed by atoms with Crippen molar-refractivity contribution in [3.05, 3.63) is 45.8 Å². The van der Waals surface area contributed by atoms with Gasteiger partial charge >= 0.3 is 0 Å². The topological polar surface area (TPSA) is 34.9 Å². The van der Waals surface area contributed by atoms with Gasteiger partial charge in [-0.2, -0.15) is 0 Å². The molecule has 0 aromatic carbocycles. The van der Waals surface area contributed by atoms with E-state index >= 15 is 0 Å². The van der Waals surface area contributed by atoms with Crippen LogP contribution in [0, 0.1) is 0 Å². The second-order valence-electron chi connectivity index (χ2n) is 3.05. The first-order chi connectivity index (χ1) is 7.33. The number of aromatic nitrogens is 2. The highest BCUT2D eigenvalue weighted by molar-refractivity contribution is 7.35. The lowest BCUT2D eigenvalue weighted by atomic mass is 10.4. The fourth-order valence-electron chi connectivity index (χ4n) is 1.44. The van der Waals surface area contributed by atoms with Crippen molar-refractivity contribution in [1.29, 1.82) is 0 Å². The molecule has 0 radical (unpaired) electrons. The molecule has 0 atom stereocenters. The Balaban J connectivity index is 2.20. The molecule has 0 saturated heterocycles. The third-order valence-electron chi connectivity index (χ3n) is 2.10. The van der Waals surface area contributed by atoms with E-state index in [0.29, 0.717) is 0 Å². The lowest BCUT2D eigenvalue weighted by molar-refractivity contribution is 1.08. The maximum absolute atomic E-state index is 11.1. The first-order valence-corrected chi connectivity index (χ1v) is 5.98. The molecule has 0 aliphatic rings. The van der Waals surface area contributed by atoms with E-state index in [1.165, 1.54) is 22.7 Å². The van der Waals surface area contributed by atoms with Crippen LogP contribution in [0.5, 0.6) is 0 Å². The average molecular weight is 234 g/mol. The van der Waals surface area contributed by atoms with Crippen molar-refractivity contribution in [3.63, 3.8) is 0 Å². The molecule has 3 aromatic heterocycles. The van der Waals surface area contributed by atoms with E-state index < -0.39 is 0 Å². The molecule has 5 heteroatoms. The van der Waals surface area contributed by atoms with E-state index in [2.05, 4.69) is 4.98 Å². The standard InChI is InChI=1S/C10H6N2OS2/c13-10-14-8-5-12(6-9(8)15-10)7-1-3-11-4-2-7/h1-6H. The molecule has 0 aliphatic heterocycles. The van der Waals surface area contributed by atoms with Crippen LogP contribution in [0.3, 0.4) is 0 Å². The molecule has 3 rings (SSSR count). The summed E-state index contributed by atoms with van der Waals surface area (Å²) in [4.78, 5) is 15.1. The van der Waals surface area contributed by atoms with Gasteiger partial charge in [0.25, 0.3) is 4.06 Å². The van der Waals surface area contributed by atoms with Crippen LogP contribution < -0.4 is 4.06 Å². The second kappa shape index (κ2) is 3.29. The van der Waals surface area contributed by atoms with Crippen LogP contribution in [0.4, 0.5) is 0 Å². The Kier molecular flexibility index (Phi) is 1.93. The van der Waals surface area contributed by atoms with Crippen molar-refractivity contribution < 1.29 is 0 Å². The predicted molar refractivity (Wildman–Crippen MR) is 63.1 cm³/mol. The summed E-state index contributed by atoms with van der Waals surface area (Å²) >= 11 is 2.59. The normalized spacial score (nSPS) is 10.9. The highest BCUT2D eigenvalue weighted by Crippen LogP contribution is 2.23. The lowest BCUT2D eigenvalue weighted by Crippen LogP contribution is -1.88. The number of hydrogen-bond donors (Lipinski definition) is 0. The van der Waals surface area contributed by atoms with Gasteiger partial charge in [0.15, 0.2) is 0 Å². The number of hydrogen-bond acceptors (Lipinski definition) is 4. The molecule has 0 unspecified atom stereocenters. The fraction of sp³-hybridized carbons (Fsp3) is 0. The van der Waals surface area contributed by atoms with Gasteiger partial charge in [0.05, 0.1) is 9.40 Å². The highest BCUT2D eigenvalue weighted by Gasteiger charge is 2.04.